The summed E-state index contributed by atoms with van der Waals surface area (Å²) in [7, 11) is 0. The van der Waals surface area contributed by atoms with Crippen LogP contribution in [-0.2, 0) is 9.47 Å². The minimum atomic E-state index is -0.596. The Hall–Kier alpha value is -0.160. The van der Waals surface area contributed by atoms with E-state index in [1.165, 1.54) is 0 Å². The SMILES string of the molecule is CCNCCC(C)(O)C1CCOC2(CCOC2)C1. The van der Waals surface area contributed by atoms with E-state index in [9.17, 15) is 5.11 Å². The van der Waals surface area contributed by atoms with E-state index in [4.69, 9.17) is 9.47 Å². The number of hydrogen-bond donors (Lipinski definition) is 2. The molecule has 0 aromatic heterocycles. The molecule has 106 valence electrons. The van der Waals surface area contributed by atoms with Crippen molar-refractivity contribution >= 4 is 0 Å². The highest BCUT2D eigenvalue weighted by molar-refractivity contribution is 4.95. The predicted molar refractivity (Wildman–Crippen MR) is 70.6 cm³/mol. The smallest absolute Gasteiger partial charge is 0.0940 e. The van der Waals surface area contributed by atoms with Crippen molar-refractivity contribution in [3.8, 4) is 0 Å². The third kappa shape index (κ3) is 3.23. The van der Waals surface area contributed by atoms with E-state index in [2.05, 4.69) is 12.2 Å². The normalized spacial score (nSPS) is 35.8. The van der Waals surface area contributed by atoms with Gasteiger partial charge in [-0.05, 0) is 45.2 Å². The molecule has 0 radical (unpaired) electrons. The van der Waals surface area contributed by atoms with Crippen LogP contribution in [0.3, 0.4) is 0 Å². The largest absolute Gasteiger partial charge is 0.390 e. The van der Waals surface area contributed by atoms with Gasteiger partial charge in [-0.15, -0.1) is 0 Å². The molecule has 0 bridgehead atoms. The van der Waals surface area contributed by atoms with Crippen LogP contribution in [0, 0.1) is 5.92 Å². The number of nitrogens with one attached hydrogen (secondary N) is 1. The lowest BCUT2D eigenvalue weighted by Gasteiger charge is -2.43. The second-order valence-corrected chi connectivity index (χ2v) is 5.98. The number of hydrogen-bond acceptors (Lipinski definition) is 4. The van der Waals surface area contributed by atoms with Crippen LogP contribution in [0.15, 0.2) is 0 Å². The maximum atomic E-state index is 10.7. The molecule has 18 heavy (non-hydrogen) atoms. The first-order valence-corrected chi connectivity index (χ1v) is 7.23. The highest BCUT2D eigenvalue weighted by Gasteiger charge is 2.45. The molecule has 3 unspecified atom stereocenters. The van der Waals surface area contributed by atoms with Crippen molar-refractivity contribution in [2.75, 3.05) is 32.9 Å². The Bertz CT molecular complexity index is 262. The lowest BCUT2D eigenvalue weighted by atomic mass is 9.75. The molecule has 1 spiro atoms. The molecule has 2 N–H and O–H groups in total. The summed E-state index contributed by atoms with van der Waals surface area (Å²) < 4.78 is 11.4. The van der Waals surface area contributed by atoms with Crippen molar-refractivity contribution in [1.82, 2.24) is 5.32 Å². The van der Waals surface area contributed by atoms with Gasteiger partial charge in [0.2, 0.25) is 0 Å². The van der Waals surface area contributed by atoms with E-state index in [-0.39, 0.29) is 5.60 Å². The zero-order chi connectivity index (χ0) is 13.1. The summed E-state index contributed by atoms with van der Waals surface area (Å²) in [5.41, 5.74) is -0.702. The van der Waals surface area contributed by atoms with Crippen LogP contribution >= 0.6 is 0 Å². The standard InChI is InChI=1S/C14H27NO3/c1-3-15-7-5-13(2,16)12-4-8-18-14(10-12)6-9-17-11-14/h12,15-16H,3-11H2,1-2H3. The van der Waals surface area contributed by atoms with Crippen molar-refractivity contribution < 1.29 is 14.6 Å². The molecule has 2 fully saturated rings. The van der Waals surface area contributed by atoms with Gasteiger partial charge in [0.1, 0.15) is 0 Å². The van der Waals surface area contributed by atoms with E-state index >= 15 is 0 Å². The fraction of sp³-hybridized carbons (Fsp3) is 1.00. The molecular weight excluding hydrogens is 230 g/mol. The van der Waals surface area contributed by atoms with Crippen LogP contribution in [0.1, 0.15) is 39.5 Å². The predicted octanol–water partition coefficient (Wildman–Crippen LogP) is 1.32. The van der Waals surface area contributed by atoms with Crippen LogP contribution in [0.5, 0.6) is 0 Å². The molecular formula is C14H27NO3. The zero-order valence-electron chi connectivity index (χ0n) is 11.7. The lowest BCUT2D eigenvalue weighted by Crippen LogP contribution is -2.48. The monoisotopic (exact) mass is 257 g/mol. The molecule has 3 atom stereocenters. The van der Waals surface area contributed by atoms with Crippen LogP contribution in [-0.4, -0.2) is 49.2 Å². The number of ether oxygens (including phenoxy) is 2. The minimum Gasteiger partial charge on any atom is -0.390 e. The lowest BCUT2D eigenvalue weighted by molar-refractivity contribution is -0.139. The third-order valence-corrected chi connectivity index (χ3v) is 4.50. The highest BCUT2D eigenvalue weighted by atomic mass is 16.6. The fourth-order valence-corrected chi connectivity index (χ4v) is 3.14. The Balaban J connectivity index is 1.90. The Morgan fingerprint density at radius 2 is 2.28 bits per heavy atom. The topological polar surface area (TPSA) is 50.7 Å². The maximum Gasteiger partial charge on any atom is 0.0940 e. The summed E-state index contributed by atoms with van der Waals surface area (Å²) in [6, 6.07) is 0. The molecule has 4 nitrogen and oxygen atoms in total. The van der Waals surface area contributed by atoms with Gasteiger partial charge in [-0.3, -0.25) is 0 Å². The molecule has 2 aliphatic rings. The van der Waals surface area contributed by atoms with Gasteiger partial charge >= 0.3 is 0 Å². The summed E-state index contributed by atoms with van der Waals surface area (Å²) in [6.45, 7) is 8.16. The quantitative estimate of drug-likeness (QED) is 0.729. The van der Waals surface area contributed by atoms with Crippen LogP contribution in [0.4, 0.5) is 0 Å². The van der Waals surface area contributed by atoms with Gasteiger partial charge in [-0.25, -0.2) is 0 Å². The molecule has 2 heterocycles. The fourth-order valence-electron chi connectivity index (χ4n) is 3.14. The van der Waals surface area contributed by atoms with Crippen molar-refractivity contribution in [3.05, 3.63) is 0 Å². The maximum absolute atomic E-state index is 10.7. The van der Waals surface area contributed by atoms with E-state index in [1.54, 1.807) is 0 Å². The molecule has 2 aliphatic heterocycles. The van der Waals surface area contributed by atoms with Crippen molar-refractivity contribution in [3.63, 3.8) is 0 Å². The van der Waals surface area contributed by atoms with E-state index in [0.29, 0.717) is 12.5 Å². The van der Waals surface area contributed by atoms with Gasteiger partial charge in [0.25, 0.3) is 0 Å². The van der Waals surface area contributed by atoms with Crippen molar-refractivity contribution in [2.24, 2.45) is 5.92 Å². The number of aliphatic hydroxyl groups is 1. The average Bonchev–Trinajstić information content (AvgIpc) is 2.77. The first-order chi connectivity index (χ1) is 8.58. The summed E-state index contributed by atoms with van der Waals surface area (Å²) in [6.07, 6.45) is 3.68. The van der Waals surface area contributed by atoms with Crippen LogP contribution < -0.4 is 5.32 Å². The Morgan fingerprint density at radius 1 is 1.44 bits per heavy atom. The zero-order valence-corrected chi connectivity index (χ0v) is 11.7. The molecule has 0 aromatic rings. The Labute approximate surface area is 110 Å². The van der Waals surface area contributed by atoms with Gasteiger partial charge in [0, 0.05) is 19.6 Å². The average molecular weight is 257 g/mol. The van der Waals surface area contributed by atoms with E-state index in [1.807, 2.05) is 6.92 Å². The van der Waals surface area contributed by atoms with Crippen LogP contribution in [0.25, 0.3) is 0 Å². The first kappa shape index (κ1) is 14.3. The van der Waals surface area contributed by atoms with Crippen LogP contribution in [0.2, 0.25) is 0 Å². The Kier molecular flexibility index (Phi) is 4.64. The summed E-state index contributed by atoms with van der Waals surface area (Å²) in [4.78, 5) is 0. The van der Waals surface area contributed by atoms with Crippen molar-refractivity contribution in [2.45, 2.75) is 50.7 Å². The Morgan fingerprint density at radius 3 is 2.94 bits per heavy atom. The van der Waals surface area contributed by atoms with Gasteiger partial charge in [0.15, 0.2) is 0 Å². The molecule has 0 aliphatic carbocycles. The molecule has 0 aromatic carbocycles. The van der Waals surface area contributed by atoms with E-state index < -0.39 is 5.60 Å². The second kappa shape index (κ2) is 5.87. The van der Waals surface area contributed by atoms with Gasteiger partial charge in [-0.2, -0.15) is 0 Å². The number of rotatable bonds is 5. The van der Waals surface area contributed by atoms with E-state index in [0.717, 1.165) is 52.0 Å². The van der Waals surface area contributed by atoms with Crippen molar-refractivity contribution in [1.29, 1.82) is 0 Å². The summed E-state index contributed by atoms with van der Waals surface area (Å²) >= 11 is 0. The molecule has 0 saturated carbocycles. The third-order valence-electron chi connectivity index (χ3n) is 4.50. The molecule has 4 heteroatoms. The summed E-state index contributed by atoms with van der Waals surface area (Å²) in [5.74, 6) is 0.326. The molecule has 0 amide bonds. The molecule has 2 rings (SSSR count). The minimum absolute atomic E-state index is 0.106. The first-order valence-electron chi connectivity index (χ1n) is 7.23. The highest BCUT2D eigenvalue weighted by Crippen LogP contribution is 2.40. The summed E-state index contributed by atoms with van der Waals surface area (Å²) in [5, 5.41) is 14.0. The molecule has 2 saturated heterocycles. The van der Waals surface area contributed by atoms with Gasteiger partial charge in [0.05, 0.1) is 17.8 Å². The van der Waals surface area contributed by atoms with Gasteiger partial charge < -0.3 is 19.9 Å². The second-order valence-electron chi connectivity index (χ2n) is 5.98. The van der Waals surface area contributed by atoms with Gasteiger partial charge in [-0.1, -0.05) is 6.92 Å².